The van der Waals surface area contributed by atoms with E-state index in [1.54, 1.807) is 6.07 Å². The molecule has 0 saturated heterocycles. The van der Waals surface area contributed by atoms with Crippen molar-refractivity contribution in [1.82, 2.24) is 0 Å². The van der Waals surface area contributed by atoms with Gasteiger partial charge in [-0.2, -0.15) is 0 Å². The van der Waals surface area contributed by atoms with Crippen LogP contribution in [0.1, 0.15) is 5.76 Å². The van der Waals surface area contributed by atoms with Crippen molar-refractivity contribution in [2.45, 2.75) is 0 Å². The summed E-state index contributed by atoms with van der Waals surface area (Å²) in [6.45, 7) is 0. The number of nitrogens with zero attached hydrogens (tertiary/aromatic N) is 1. The lowest BCUT2D eigenvalue weighted by Crippen LogP contribution is -1.74. The molecule has 0 saturated carbocycles. The highest BCUT2D eigenvalue weighted by atomic mass is 79.9. The Labute approximate surface area is 95.2 Å². The highest BCUT2D eigenvalue weighted by molar-refractivity contribution is 9.10. The van der Waals surface area contributed by atoms with E-state index in [9.17, 15) is 0 Å². The van der Waals surface area contributed by atoms with Crippen molar-refractivity contribution >= 4 is 22.1 Å². The molecule has 1 N–H and O–H groups in total. The van der Waals surface area contributed by atoms with Crippen molar-refractivity contribution in [2.24, 2.45) is 5.16 Å². The van der Waals surface area contributed by atoms with E-state index in [0.29, 0.717) is 5.76 Å². The van der Waals surface area contributed by atoms with Crippen LogP contribution in [0.5, 0.6) is 0 Å². The van der Waals surface area contributed by atoms with Crippen LogP contribution < -0.4 is 0 Å². The van der Waals surface area contributed by atoms with Crippen molar-refractivity contribution in [3.05, 3.63) is 46.6 Å². The molecule has 2 aromatic rings. The molecular weight excluding hydrogens is 258 g/mol. The van der Waals surface area contributed by atoms with Crippen molar-refractivity contribution in [3.8, 4) is 11.3 Å². The number of halogens is 1. The fourth-order valence-corrected chi connectivity index (χ4v) is 1.51. The third-order valence-corrected chi connectivity index (χ3v) is 2.47. The number of benzene rings is 1. The Bertz CT molecular complexity index is 474. The molecular formula is C11H8BrNO2. The molecule has 1 aromatic heterocycles. The van der Waals surface area contributed by atoms with E-state index in [1.165, 1.54) is 6.21 Å². The summed E-state index contributed by atoms with van der Waals surface area (Å²) in [5.74, 6) is 1.27. The molecule has 3 nitrogen and oxygen atoms in total. The minimum absolute atomic E-state index is 0.524. The molecule has 0 aliphatic carbocycles. The lowest BCUT2D eigenvalue weighted by Gasteiger charge is -1.96. The molecule has 0 radical (unpaired) electrons. The van der Waals surface area contributed by atoms with Gasteiger partial charge < -0.3 is 9.62 Å². The highest BCUT2D eigenvalue weighted by Gasteiger charge is 2.02. The zero-order valence-electron chi connectivity index (χ0n) is 7.72. The van der Waals surface area contributed by atoms with E-state index in [2.05, 4.69) is 21.1 Å². The van der Waals surface area contributed by atoms with Crippen LogP contribution in [-0.2, 0) is 0 Å². The van der Waals surface area contributed by atoms with Crippen molar-refractivity contribution in [1.29, 1.82) is 0 Å². The Morgan fingerprint density at radius 1 is 1.13 bits per heavy atom. The maximum Gasteiger partial charge on any atom is 0.149 e. The zero-order chi connectivity index (χ0) is 10.7. The third-order valence-electron chi connectivity index (χ3n) is 1.94. The SMILES string of the molecule is ON=Cc1ccc(-c2ccc(Br)cc2)o1. The van der Waals surface area contributed by atoms with Crippen LogP contribution in [-0.4, -0.2) is 11.4 Å². The van der Waals surface area contributed by atoms with Crippen LogP contribution in [0.2, 0.25) is 0 Å². The normalized spacial score (nSPS) is 11.0. The van der Waals surface area contributed by atoms with Gasteiger partial charge in [-0.3, -0.25) is 0 Å². The quantitative estimate of drug-likeness (QED) is 0.513. The van der Waals surface area contributed by atoms with E-state index >= 15 is 0 Å². The summed E-state index contributed by atoms with van der Waals surface area (Å²) in [7, 11) is 0. The first-order valence-corrected chi connectivity index (χ1v) is 5.12. The zero-order valence-corrected chi connectivity index (χ0v) is 9.31. The molecule has 1 aromatic carbocycles. The highest BCUT2D eigenvalue weighted by Crippen LogP contribution is 2.23. The van der Waals surface area contributed by atoms with Crippen molar-refractivity contribution < 1.29 is 9.62 Å². The molecule has 0 aliphatic heterocycles. The second-order valence-corrected chi connectivity index (χ2v) is 3.87. The Morgan fingerprint density at radius 2 is 1.87 bits per heavy atom. The predicted octanol–water partition coefficient (Wildman–Crippen LogP) is 3.52. The molecule has 15 heavy (non-hydrogen) atoms. The Hall–Kier alpha value is -1.55. The van der Waals surface area contributed by atoms with Crippen molar-refractivity contribution in [3.63, 3.8) is 0 Å². The molecule has 4 heteroatoms. The fourth-order valence-electron chi connectivity index (χ4n) is 1.25. The van der Waals surface area contributed by atoms with Crippen LogP contribution in [0.15, 0.2) is 50.4 Å². The van der Waals surface area contributed by atoms with Gasteiger partial charge in [0.1, 0.15) is 17.7 Å². The maximum absolute atomic E-state index is 8.34. The first-order valence-electron chi connectivity index (χ1n) is 4.33. The smallest absolute Gasteiger partial charge is 0.149 e. The van der Waals surface area contributed by atoms with Gasteiger partial charge in [0.25, 0.3) is 0 Å². The van der Waals surface area contributed by atoms with Gasteiger partial charge in [0.05, 0.1) is 0 Å². The Morgan fingerprint density at radius 3 is 2.53 bits per heavy atom. The summed E-state index contributed by atoms with van der Waals surface area (Å²) in [5, 5.41) is 11.2. The Balaban J connectivity index is 2.33. The minimum Gasteiger partial charge on any atom is -0.455 e. The maximum atomic E-state index is 8.34. The number of furan rings is 1. The molecule has 0 atom stereocenters. The average Bonchev–Trinajstić information content (AvgIpc) is 2.68. The molecule has 0 unspecified atom stereocenters. The number of rotatable bonds is 2. The summed E-state index contributed by atoms with van der Waals surface area (Å²) < 4.78 is 6.45. The van der Waals surface area contributed by atoms with Gasteiger partial charge >= 0.3 is 0 Å². The van der Waals surface area contributed by atoms with Crippen LogP contribution in [0.3, 0.4) is 0 Å². The average molecular weight is 266 g/mol. The first-order chi connectivity index (χ1) is 7.29. The summed E-state index contributed by atoms with van der Waals surface area (Å²) in [4.78, 5) is 0. The minimum atomic E-state index is 0.524. The summed E-state index contributed by atoms with van der Waals surface area (Å²) in [6, 6.07) is 11.4. The number of hydrogen-bond donors (Lipinski definition) is 1. The number of hydrogen-bond acceptors (Lipinski definition) is 3. The van der Waals surface area contributed by atoms with Crippen LogP contribution in [0, 0.1) is 0 Å². The van der Waals surface area contributed by atoms with Crippen LogP contribution in [0.4, 0.5) is 0 Å². The fraction of sp³-hybridized carbons (Fsp3) is 0. The monoisotopic (exact) mass is 265 g/mol. The second-order valence-electron chi connectivity index (χ2n) is 2.95. The van der Waals surface area contributed by atoms with Gasteiger partial charge in [-0.1, -0.05) is 33.2 Å². The van der Waals surface area contributed by atoms with Gasteiger partial charge in [-0.15, -0.1) is 0 Å². The van der Waals surface area contributed by atoms with Gasteiger partial charge in [-0.05, 0) is 24.3 Å². The van der Waals surface area contributed by atoms with Gasteiger partial charge in [0, 0.05) is 10.0 Å². The van der Waals surface area contributed by atoms with Crippen LogP contribution >= 0.6 is 15.9 Å². The third kappa shape index (κ3) is 2.27. The summed E-state index contributed by atoms with van der Waals surface area (Å²) >= 11 is 3.36. The molecule has 0 aliphatic rings. The van der Waals surface area contributed by atoms with E-state index in [-0.39, 0.29) is 0 Å². The van der Waals surface area contributed by atoms with Gasteiger partial charge in [0.2, 0.25) is 0 Å². The van der Waals surface area contributed by atoms with E-state index in [1.807, 2.05) is 30.3 Å². The van der Waals surface area contributed by atoms with Crippen LogP contribution in [0.25, 0.3) is 11.3 Å². The van der Waals surface area contributed by atoms with E-state index < -0.39 is 0 Å². The standard InChI is InChI=1S/C11H8BrNO2/c12-9-3-1-8(2-4-9)11-6-5-10(15-11)7-13-14/h1-7,14H. The molecule has 0 spiro atoms. The molecule has 2 rings (SSSR count). The lowest BCUT2D eigenvalue weighted by atomic mass is 10.2. The van der Waals surface area contributed by atoms with E-state index in [0.717, 1.165) is 15.8 Å². The second kappa shape index (κ2) is 4.31. The summed E-state index contributed by atoms with van der Waals surface area (Å²) in [6.07, 6.45) is 1.25. The molecule has 0 fully saturated rings. The largest absolute Gasteiger partial charge is 0.455 e. The molecule has 1 heterocycles. The Kier molecular flexibility index (Phi) is 2.87. The molecule has 0 bridgehead atoms. The predicted molar refractivity (Wildman–Crippen MR) is 61.2 cm³/mol. The van der Waals surface area contributed by atoms with E-state index in [4.69, 9.17) is 9.62 Å². The lowest BCUT2D eigenvalue weighted by molar-refractivity contribution is 0.321. The van der Waals surface area contributed by atoms with Gasteiger partial charge in [0.15, 0.2) is 0 Å². The van der Waals surface area contributed by atoms with Crippen molar-refractivity contribution in [2.75, 3.05) is 0 Å². The molecule has 76 valence electrons. The molecule has 0 amide bonds. The topological polar surface area (TPSA) is 45.7 Å². The van der Waals surface area contributed by atoms with Gasteiger partial charge in [-0.25, -0.2) is 0 Å². The summed E-state index contributed by atoms with van der Waals surface area (Å²) in [5.41, 5.74) is 0.982. The first kappa shape index (κ1) is 9.98. The number of oxime groups is 1.